The van der Waals surface area contributed by atoms with Gasteiger partial charge >= 0.3 is 0 Å². The predicted molar refractivity (Wildman–Crippen MR) is 75.9 cm³/mol. The summed E-state index contributed by atoms with van der Waals surface area (Å²) < 4.78 is 0. The SMILES string of the molecule is Cc1ccc(CN2CCCC2CCCO)c(Cl)c1. The van der Waals surface area contributed by atoms with Crippen molar-refractivity contribution in [1.29, 1.82) is 0 Å². The maximum atomic E-state index is 8.94. The van der Waals surface area contributed by atoms with Gasteiger partial charge in [0.1, 0.15) is 0 Å². The Labute approximate surface area is 115 Å². The van der Waals surface area contributed by atoms with Crippen LogP contribution in [0.1, 0.15) is 36.8 Å². The molecule has 1 aliphatic heterocycles. The zero-order valence-corrected chi connectivity index (χ0v) is 11.8. The Hall–Kier alpha value is -0.570. The quantitative estimate of drug-likeness (QED) is 0.884. The summed E-state index contributed by atoms with van der Waals surface area (Å²) in [6, 6.07) is 6.92. The molecule has 1 aromatic carbocycles. The number of aliphatic hydroxyl groups is 1. The van der Waals surface area contributed by atoms with E-state index in [1.54, 1.807) is 0 Å². The molecule has 0 spiro atoms. The molecule has 0 aliphatic carbocycles. The van der Waals surface area contributed by atoms with Gasteiger partial charge in [-0.3, -0.25) is 4.90 Å². The highest BCUT2D eigenvalue weighted by molar-refractivity contribution is 6.31. The third-order valence-electron chi connectivity index (χ3n) is 3.78. The minimum Gasteiger partial charge on any atom is -0.396 e. The summed E-state index contributed by atoms with van der Waals surface area (Å²) in [6.07, 6.45) is 4.52. The highest BCUT2D eigenvalue weighted by Crippen LogP contribution is 2.26. The number of hydrogen-bond donors (Lipinski definition) is 1. The Morgan fingerprint density at radius 1 is 1.44 bits per heavy atom. The number of benzene rings is 1. The van der Waals surface area contributed by atoms with Crippen molar-refractivity contribution in [2.75, 3.05) is 13.2 Å². The van der Waals surface area contributed by atoms with Crippen LogP contribution in [0.5, 0.6) is 0 Å². The first-order valence-electron chi connectivity index (χ1n) is 6.80. The minimum absolute atomic E-state index is 0.301. The van der Waals surface area contributed by atoms with E-state index in [-0.39, 0.29) is 0 Å². The topological polar surface area (TPSA) is 23.5 Å². The normalized spacial score (nSPS) is 20.5. The maximum Gasteiger partial charge on any atom is 0.0453 e. The monoisotopic (exact) mass is 267 g/mol. The van der Waals surface area contributed by atoms with Gasteiger partial charge in [0.25, 0.3) is 0 Å². The summed E-state index contributed by atoms with van der Waals surface area (Å²) in [7, 11) is 0. The predicted octanol–water partition coefficient (Wildman–Crippen LogP) is 3.39. The molecule has 1 saturated heterocycles. The number of likely N-dealkylation sites (tertiary alicyclic amines) is 1. The molecule has 1 fully saturated rings. The van der Waals surface area contributed by atoms with E-state index in [0.717, 1.165) is 31.0 Å². The lowest BCUT2D eigenvalue weighted by Gasteiger charge is -2.24. The Kier molecular flexibility index (Phi) is 5.04. The van der Waals surface area contributed by atoms with Crippen molar-refractivity contribution in [3.8, 4) is 0 Å². The third kappa shape index (κ3) is 3.47. The Morgan fingerprint density at radius 2 is 2.28 bits per heavy atom. The van der Waals surface area contributed by atoms with Gasteiger partial charge in [-0.25, -0.2) is 0 Å². The van der Waals surface area contributed by atoms with Crippen LogP contribution in [0, 0.1) is 6.92 Å². The fraction of sp³-hybridized carbons (Fsp3) is 0.600. The van der Waals surface area contributed by atoms with Crippen LogP contribution in [0.25, 0.3) is 0 Å². The van der Waals surface area contributed by atoms with Gasteiger partial charge in [-0.1, -0.05) is 23.7 Å². The van der Waals surface area contributed by atoms with E-state index >= 15 is 0 Å². The van der Waals surface area contributed by atoms with Gasteiger partial charge in [-0.2, -0.15) is 0 Å². The maximum absolute atomic E-state index is 8.94. The summed E-state index contributed by atoms with van der Waals surface area (Å²) in [5.41, 5.74) is 2.43. The van der Waals surface area contributed by atoms with Crippen molar-refractivity contribution < 1.29 is 5.11 Å². The van der Waals surface area contributed by atoms with Gasteiger partial charge in [-0.05, 0) is 56.3 Å². The summed E-state index contributed by atoms with van der Waals surface area (Å²) in [5, 5.41) is 9.82. The van der Waals surface area contributed by atoms with Crippen molar-refractivity contribution in [3.05, 3.63) is 34.3 Å². The first kappa shape index (κ1) is 13.9. The molecule has 18 heavy (non-hydrogen) atoms. The zero-order chi connectivity index (χ0) is 13.0. The second kappa shape index (κ2) is 6.55. The van der Waals surface area contributed by atoms with Crippen molar-refractivity contribution in [2.45, 2.75) is 45.2 Å². The molecule has 1 atom stereocenters. The standard InChI is InChI=1S/C15H22ClNO/c1-12-6-7-13(15(16)10-12)11-17-8-2-4-14(17)5-3-9-18/h6-7,10,14,18H,2-5,8-9,11H2,1H3. The van der Waals surface area contributed by atoms with Crippen LogP contribution in [-0.2, 0) is 6.54 Å². The molecular weight excluding hydrogens is 246 g/mol. The van der Waals surface area contributed by atoms with E-state index in [0.29, 0.717) is 12.6 Å². The molecule has 1 N–H and O–H groups in total. The highest BCUT2D eigenvalue weighted by atomic mass is 35.5. The fourth-order valence-corrected chi connectivity index (χ4v) is 3.05. The van der Waals surface area contributed by atoms with Crippen molar-refractivity contribution in [1.82, 2.24) is 4.90 Å². The van der Waals surface area contributed by atoms with Gasteiger partial charge in [-0.15, -0.1) is 0 Å². The fourth-order valence-electron chi connectivity index (χ4n) is 2.76. The van der Waals surface area contributed by atoms with Crippen LogP contribution in [0.2, 0.25) is 5.02 Å². The van der Waals surface area contributed by atoms with E-state index in [1.165, 1.54) is 24.0 Å². The summed E-state index contributed by atoms with van der Waals surface area (Å²) in [6.45, 7) is 4.46. The van der Waals surface area contributed by atoms with Crippen LogP contribution in [0.15, 0.2) is 18.2 Å². The lowest BCUT2D eigenvalue weighted by molar-refractivity contribution is 0.210. The summed E-state index contributed by atoms with van der Waals surface area (Å²) in [4.78, 5) is 2.51. The Bertz CT molecular complexity index is 394. The van der Waals surface area contributed by atoms with Gasteiger partial charge < -0.3 is 5.11 Å². The third-order valence-corrected chi connectivity index (χ3v) is 4.13. The van der Waals surface area contributed by atoms with Crippen LogP contribution in [0.4, 0.5) is 0 Å². The first-order valence-corrected chi connectivity index (χ1v) is 7.18. The molecule has 100 valence electrons. The van der Waals surface area contributed by atoms with Crippen molar-refractivity contribution in [3.63, 3.8) is 0 Å². The molecule has 0 radical (unpaired) electrons. The van der Waals surface area contributed by atoms with Crippen LogP contribution in [0.3, 0.4) is 0 Å². The molecule has 2 nitrogen and oxygen atoms in total. The Morgan fingerprint density at radius 3 is 3.00 bits per heavy atom. The molecule has 1 heterocycles. The van der Waals surface area contributed by atoms with E-state index in [1.807, 2.05) is 6.07 Å². The largest absolute Gasteiger partial charge is 0.396 e. The number of halogens is 1. The first-order chi connectivity index (χ1) is 8.70. The smallest absolute Gasteiger partial charge is 0.0453 e. The van der Waals surface area contributed by atoms with Gasteiger partial charge in [0.15, 0.2) is 0 Å². The molecule has 3 heteroatoms. The van der Waals surface area contributed by atoms with E-state index in [4.69, 9.17) is 16.7 Å². The average Bonchev–Trinajstić information content (AvgIpc) is 2.77. The molecule has 2 rings (SSSR count). The molecular formula is C15H22ClNO. The van der Waals surface area contributed by atoms with E-state index in [2.05, 4.69) is 24.0 Å². The molecule has 0 bridgehead atoms. The number of aliphatic hydroxyl groups excluding tert-OH is 1. The lowest BCUT2D eigenvalue weighted by atomic mass is 10.1. The molecule has 1 aromatic rings. The highest BCUT2D eigenvalue weighted by Gasteiger charge is 2.24. The van der Waals surface area contributed by atoms with Crippen molar-refractivity contribution in [2.24, 2.45) is 0 Å². The summed E-state index contributed by atoms with van der Waals surface area (Å²) >= 11 is 6.29. The average molecular weight is 268 g/mol. The second-order valence-electron chi connectivity index (χ2n) is 5.23. The zero-order valence-electron chi connectivity index (χ0n) is 11.0. The van der Waals surface area contributed by atoms with Gasteiger partial charge in [0, 0.05) is 24.2 Å². The molecule has 0 aromatic heterocycles. The van der Waals surface area contributed by atoms with E-state index < -0.39 is 0 Å². The molecule has 1 unspecified atom stereocenters. The Balaban J connectivity index is 1.99. The molecule has 1 aliphatic rings. The number of aryl methyl sites for hydroxylation is 1. The van der Waals surface area contributed by atoms with Crippen molar-refractivity contribution >= 4 is 11.6 Å². The van der Waals surface area contributed by atoms with Gasteiger partial charge in [0.05, 0.1) is 0 Å². The second-order valence-corrected chi connectivity index (χ2v) is 5.63. The summed E-state index contributed by atoms with van der Waals surface area (Å²) in [5.74, 6) is 0. The number of hydrogen-bond acceptors (Lipinski definition) is 2. The van der Waals surface area contributed by atoms with Gasteiger partial charge in [0.2, 0.25) is 0 Å². The number of rotatable bonds is 5. The number of nitrogens with zero attached hydrogens (tertiary/aromatic N) is 1. The van der Waals surface area contributed by atoms with Crippen LogP contribution < -0.4 is 0 Å². The van der Waals surface area contributed by atoms with Crippen LogP contribution in [-0.4, -0.2) is 29.2 Å². The van der Waals surface area contributed by atoms with Crippen LogP contribution >= 0.6 is 11.6 Å². The minimum atomic E-state index is 0.301. The lowest BCUT2D eigenvalue weighted by Crippen LogP contribution is -2.29. The molecule has 0 saturated carbocycles. The van der Waals surface area contributed by atoms with E-state index in [9.17, 15) is 0 Å². The molecule has 0 amide bonds.